The highest BCUT2D eigenvalue weighted by atomic mass is 16.5. The second-order valence-corrected chi connectivity index (χ2v) is 28.7. The van der Waals surface area contributed by atoms with Crippen molar-refractivity contribution in [2.75, 3.05) is 75.1 Å². The second kappa shape index (κ2) is 40.5. The molecule has 0 aromatic rings. The van der Waals surface area contributed by atoms with Gasteiger partial charge in [-0.2, -0.15) is 0 Å². The molecule has 0 spiro atoms. The molecule has 95 heavy (non-hydrogen) atoms. The summed E-state index contributed by atoms with van der Waals surface area (Å²) in [6, 6.07) is -14.8. The molecule has 0 aromatic carbocycles. The van der Waals surface area contributed by atoms with E-state index in [2.05, 4.69) is 31.5 Å². The standard InChI is InChI=1S/C69H126N12O14/c1-26-30-32-45(15)57(82)56-62(87)72-48(27-2)59(84)73-49(39-95-34-31-33-81(28-3)29-4)64(89)78(23)53(38-69(18,19)94)61(86)74-54(43(11)12)67(92)75(20)50(35-40(5)6)60(85)70-46(16)58(83)71-47(17)63(88)76(21)51(36-41(7)8)65(90)77(22)52(37-42(9)10)66(91)79(24)55(44(13)14)68(93)80(56)25/h26,30,40-57,82,94H,27-29,31-39H2,1-25H3,(H,70,85)(H,71,83)(H,72,87)(H,73,84)(H,74,86)/b30-26+/t45-,46+,47-,48+,49-,50+,51+,52+,53+,54+,55+,56+,57-/m1/s1. The first kappa shape index (κ1) is 86.8. The molecular weight excluding hydrogens is 1220 g/mol. The Hall–Kier alpha value is -6.25. The number of ether oxygens (including phenoxy) is 1. The Morgan fingerprint density at radius 3 is 1.44 bits per heavy atom. The normalized spacial score (nSPS) is 26.2. The van der Waals surface area contributed by atoms with E-state index in [1.165, 1.54) is 89.6 Å². The van der Waals surface area contributed by atoms with Crippen LogP contribution in [-0.4, -0.2) is 263 Å². The van der Waals surface area contributed by atoms with Crippen LogP contribution in [0.4, 0.5) is 0 Å². The van der Waals surface area contributed by atoms with E-state index in [4.69, 9.17) is 4.74 Å². The van der Waals surface area contributed by atoms with E-state index in [0.717, 1.165) is 22.9 Å². The number of allylic oxidation sites excluding steroid dienone is 2. The molecule has 0 aromatic heterocycles. The highest BCUT2D eigenvalue weighted by Crippen LogP contribution is 2.26. The van der Waals surface area contributed by atoms with Crippen molar-refractivity contribution in [2.24, 2.45) is 35.5 Å². The molecule has 1 rings (SSSR count). The van der Waals surface area contributed by atoms with Gasteiger partial charge in [0.05, 0.1) is 18.3 Å². The van der Waals surface area contributed by atoms with Crippen LogP contribution in [-0.2, 0) is 57.5 Å². The summed E-state index contributed by atoms with van der Waals surface area (Å²) in [5.41, 5.74) is -1.61. The van der Waals surface area contributed by atoms with E-state index in [9.17, 15) is 39.0 Å². The van der Waals surface area contributed by atoms with Crippen molar-refractivity contribution in [2.45, 2.75) is 255 Å². The molecule has 1 aliphatic rings. The Morgan fingerprint density at radius 1 is 0.516 bits per heavy atom. The maximum absolute atomic E-state index is 15.3. The van der Waals surface area contributed by atoms with E-state index in [-0.39, 0.29) is 62.9 Å². The molecule has 0 radical (unpaired) electrons. The molecule has 546 valence electrons. The lowest BCUT2D eigenvalue weighted by molar-refractivity contribution is -0.157. The summed E-state index contributed by atoms with van der Waals surface area (Å²) in [6.07, 6.45) is 2.76. The molecule has 1 heterocycles. The highest BCUT2D eigenvalue weighted by Gasteiger charge is 2.46. The van der Waals surface area contributed by atoms with Gasteiger partial charge in [0.1, 0.15) is 66.5 Å². The van der Waals surface area contributed by atoms with Gasteiger partial charge in [-0.15, -0.1) is 0 Å². The van der Waals surface area contributed by atoms with Crippen molar-refractivity contribution in [3.05, 3.63) is 12.2 Å². The lowest BCUT2D eigenvalue weighted by Crippen LogP contribution is -2.64. The molecule has 0 aliphatic carbocycles. The fourth-order valence-electron chi connectivity index (χ4n) is 11.8. The Bertz CT molecular complexity index is 2550. The van der Waals surface area contributed by atoms with Crippen LogP contribution in [0.3, 0.4) is 0 Å². The van der Waals surface area contributed by atoms with Crippen LogP contribution in [0.2, 0.25) is 0 Å². The molecule has 7 N–H and O–H groups in total. The largest absolute Gasteiger partial charge is 0.390 e. The first-order valence-corrected chi connectivity index (χ1v) is 34.4. The number of nitrogens with zero attached hydrogens (tertiary/aromatic N) is 7. The number of rotatable bonds is 23. The summed E-state index contributed by atoms with van der Waals surface area (Å²) >= 11 is 0. The molecule has 0 unspecified atom stereocenters. The van der Waals surface area contributed by atoms with Crippen LogP contribution in [0.5, 0.6) is 0 Å². The fourth-order valence-corrected chi connectivity index (χ4v) is 11.8. The molecule has 13 atom stereocenters. The maximum atomic E-state index is 15.3. The summed E-state index contributed by atoms with van der Waals surface area (Å²) in [6.45, 7) is 34.8. The monoisotopic (exact) mass is 1350 g/mol. The number of carbonyl (C=O) groups excluding carboxylic acids is 11. The first-order chi connectivity index (χ1) is 44.0. The van der Waals surface area contributed by atoms with Gasteiger partial charge < -0.3 is 75.8 Å². The van der Waals surface area contributed by atoms with Crippen molar-refractivity contribution in [3.63, 3.8) is 0 Å². The summed E-state index contributed by atoms with van der Waals surface area (Å²) in [4.78, 5) is 172. The van der Waals surface area contributed by atoms with Crippen molar-refractivity contribution in [1.82, 2.24) is 60.9 Å². The minimum absolute atomic E-state index is 0.0689. The lowest BCUT2D eigenvalue weighted by atomic mass is 9.91. The van der Waals surface area contributed by atoms with Gasteiger partial charge in [0.15, 0.2) is 0 Å². The van der Waals surface area contributed by atoms with Gasteiger partial charge in [0, 0.05) is 61.9 Å². The van der Waals surface area contributed by atoms with Gasteiger partial charge in [-0.05, 0) is 122 Å². The Balaban J connectivity index is 4.52. The van der Waals surface area contributed by atoms with E-state index < -0.39 is 168 Å². The number of nitrogens with one attached hydrogen (secondary N) is 5. The number of likely N-dealkylation sites (N-methyl/N-ethyl adjacent to an activating group) is 6. The minimum atomic E-state index is -1.68. The Labute approximate surface area is 568 Å². The van der Waals surface area contributed by atoms with Crippen LogP contribution in [0.1, 0.15) is 176 Å². The quantitative estimate of drug-likeness (QED) is 0.0571. The minimum Gasteiger partial charge on any atom is -0.390 e. The summed E-state index contributed by atoms with van der Waals surface area (Å²) < 4.78 is 6.10. The fraction of sp³-hybridized carbons (Fsp3) is 0.812. The third-order valence-electron chi connectivity index (χ3n) is 17.9. The summed E-state index contributed by atoms with van der Waals surface area (Å²) in [5, 5.41) is 37.3. The molecule has 26 nitrogen and oxygen atoms in total. The smallest absolute Gasteiger partial charge is 0.247 e. The van der Waals surface area contributed by atoms with Crippen LogP contribution >= 0.6 is 0 Å². The predicted octanol–water partition coefficient (Wildman–Crippen LogP) is 3.16. The lowest BCUT2D eigenvalue weighted by Gasteiger charge is -2.41. The molecule has 26 heteroatoms. The summed E-state index contributed by atoms with van der Waals surface area (Å²) in [5.74, 6) is -10.7. The van der Waals surface area contributed by atoms with Gasteiger partial charge in [0.25, 0.3) is 0 Å². The van der Waals surface area contributed by atoms with E-state index in [1.54, 1.807) is 60.6 Å². The second-order valence-electron chi connectivity index (χ2n) is 28.7. The average Bonchev–Trinajstić information content (AvgIpc) is 0.812. The van der Waals surface area contributed by atoms with E-state index >= 15 is 24.0 Å². The number of aliphatic hydroxyl groups is 2. The summed E-state index contributed by atoms with van der Waals surface area (Å²) in [7, 11) is 8.36. The van der Waals surface area contributed by atoms with Crippen molar-refractivity contribution in [3.8, 4) is 0 Å². The third kappa shape index (κ3) is 26.3. The Kier molecular flexibility index (Phi) is 37.0. The van der Waals surface area contributed by atoms with Crippen molar-refractivity contribution < 1.29 is 67.7 Å². The van der Waals surface area contributed by atoms with Crippen LogP contribution < -0.4 is 26.6 Å². The van der Waals surface area contributed by atoms with Crippen LogP contribution in [0.15, 0.2) is 12.2 Å². The molecule has 0 saturated carbocycles. The Morgan fingerprint density at radius 2 is 0.968 bits per heavy atom. The molecule has 1 saturated heterocycles. The zero-order valence-electron chi connectivity index (χ0n) is 62.5. The van der Waals surface area contributed by atoms with Crippen molar-refractivity contribution in [1.29, 1.82) is 0 Å². The number of hydrogen-bond donors (Lipinski definition) is 7. The van der Waals surface area contributed by atoms with Gasteiger partial charge in [0.2, 0.25) is 65.0 Å². The van der Waals surface area contributed by atoms with Crippen LogP contribution in [0.25, 0.3) is 0 Å². The first-order valence-electron chi connectivity index (χ1n) is 34.4. The number of carbonyl (C=O) groups is 11. The topological polar surface area (TPSA) is 320 Å². The highest BCUT2D eigenvalue weighted by molar-refractivity contribution is 6.00. The molecular formula is C69H126N12O14. The predicted molar refractivity (Wildman–Crippen MR) is 367 cm³/mol. The molecule has 1 fully saturated rings. The maximum Gasteiger partial charge on any atom is 0.247 e. The van der Waals surface area contributed by atoms with E-state index in [0.29, 0.717) is 13.0 Å². The third-order valence-corrected chi connectivity index (χ3v) is 17.9. The van der Waals surface area contributed by atoms with Gasteiger partial charge in [-0.3, -0.25) is 52.7 Å². The van der Waals surface area contributed by atoms with Crippen molar-refractivity contribution >= 4 is 65.0 Å². The number of amides is 11. The molecule has 11 amide bonds. The van der Waals surface area contributed by atoms with Gasteiger partial charge >= 0.3 is 0 Å². The molecule has 0 bridgehead atoms. The molecule has 1 aliphatic heterocycles. The average molecular weight is 1350 g/mol. The zero-order valence-corrected chi connectivity index (χ0v) is 62.5. The van der Waals surface area contributed by atoms with Gasteiger partial charge in [-0.25, -0.2) is 0 Å². The van der Waals surface area contributed by atoms with Gasteiger partial charge in [-0.1, -0.05) is 109 Å². The van der Waals surface area contributed by atoms with Crippen LogP contribution in [0, 0.1) is 35.5 Å². The van der Waals surface area contributed by atoms with E-state index in [1.807, 2.05) is 55.4 Å². The number of aliphatic hydroxyl groups excluding tert-OH is 1. The number of hydrogen-bond acceptors (Lipinski definition) is 15. The SMILES string of the molecule is C/C=C/C[C@@H](C)[C@@H](O)[C@H]1C(=O)N[C@@H](CC)C(=O)N[C@H](COCCCN(CC)CC)C(=O)N(C)[C@@H](CC(C)(C)O)C(=O)N[C@@H](C(C)C)C(=O)N(C)[C@@H](CC(C)C)C(=O)N[C@@H](C)C(=O)N[C@H](C)C(=O)N(C)[C@@H](CC(C)C)C(=O)N(C)[C@@H](CC(C)C)C(=O)N(C)[C@@H](C(C)C)C(=O)N1C. The zero-order chi connectivity index (χ0) is 73.4.